The average molecular weight is 420 g/mol. The molecule has 2 aromatic carbocycles. The number of hydrogen-bond donors (Lipinski definition) is 0. The number of halogens is 2. The molecule has 3 rings (SSSR count). The molecule has 158 valence electrons. The molecule has 0 aliphatic carbocycles. The lowest BCUT2D eigenvalue weighted by molar-refractivity contribution is -0.148. The maximum atomic E-state index is 12.4. The highest BCUT2D eigenvalue weighted by atomic mass is 19.3. The minimum Gasteiger partial charge on any atom is -0.493 e. The number of nitrogens with zero attached hydrogens (tertiary/aromatic N) is 2. The summed E-state index contributed by atoms with van der Waals surface area (Å²) < 4.78 is 49.7. The van der Waals surface area contributed by atoms with E-state index in [9.17, 15) is 13.6 Å². The van der Waals surface area contributed by atoms with Gasteiger partial charge in [-0.2, -0.15) is 13.8 Å². The van der Waals surface area contributed by atoms with Crippen LogP contribution in [0.4, 0.5) is 8.78 Å². The van der Waals surface area contributed by atoms with Crippen LogP contribution in [0.1, 0.15) is 11.5 Å². The minimum absolute atomic E-state index is 0.0563. The Balaban J connectivity index is 1.56. The Hall–Kier alpha value is -3.69. The molecule has 0 radical (unpaired) electrons. The predicted octanol–water partition coefficient (Wildman–Crippen LogP) is 3.78. The predicted molar refractivity (Wildman–Crippen MR) is 99.4 cm³/mol. The van der Waals surface area contributed by atoms with Crippen LogP contribution in [-0.2, 0) is 16.1 Å². The molecule has 0 fully saturated rings. The molecular formula is C20H18F2N2O6. The van der Waals surface area contributed by atoms with E-state index >= 15 is 0 Å². The molecule has 0 atom stereocenters. The Bertz CT molecular complexity index is 1010. The van der Waals surface area contributed by atoms with E-state index in [2.05, 4.69) is 14.9 Å². The smallest absolute Gasteiger partial charge is 0.387 e. The van der Waals surface area contributed by atoms with Gasteiger partial charge in [0.2, 0.25) is 5.82 Å². The van der Waals surface area contributed by atoms with Crippen molar-refractivity contribution in [3.05, 3.63) is 53.9 Å². The van der Waals surface area contributed by atoms with Gasteiger partial charge in [-0.1, -0.05) is 17.3 Å². The van der Waals surface area contributed by atoms with Crippen molar-refractivity contribution in [3.63, 3.8) is 0 Å². The van der Waals surface area contributed by atoms with Crippen LogP contribution in [0, 0.1) is 6.92 Å². The lowest BCUT2D eigenvalue weighted by Gasteiger charge is -2.10. The third-order valence-electron chi connectivity index (χ3n) is 3.81. The second kappa shape index (κ2) is 9.68. The Morgan fingerprint density at radius 3 is 2.73 bits per heavy atom. The Labute approximate surface area is 170 Å². The highest BCUT2D eigenvalue weighted by molar-refractivity contribution is 5.71. The topological polar surface area (TPSA) is 92.9 Å². The van der Waals surface area contributed by atoms with Gasteiger partial charge < -0.3 is 23.5 Å². The van der Waals surface area contributed by atoms with Gasteiger partial charge >= 0.3 is 12.6 Å². The zero-order chi connectivity index (χ0) is 21.5. The number of carbonyl (C=O) groups is 1. The van der Waals surface area contributed by atoms with E-state index in [1.54, 1.807) is 12.1 Å². The number of aryl methyl sites for hydroxylation is 1. The molecule has 1 aromatic heterocycles. The average Bonchev–Trinajstić information content (AvgIpc) is 3.20. The van der Waals surface area contributed by atoms with Gasteiger partial charge in [0.05, 0.1) is 7.11 Å². The number of esters is 1. The largest absolute Gasteiger partial charge is 0.493 e. The minimum atomic E-state index is -2.98. The molecular weight excluding hydrogens is 402 g/mol. The maximum Gasteiger partial charge on any atom is 0.387 e. The highest BCUT2D eigenvalue weighted by Gasteiger charge is 2.16. The Morgan fingerprint density at radius 2 is 2.00 bits per heavy atom. The first-order valence-corrected chi connectivity index (χ1v) is 8.75. The van der Waals surface area contributed by atoms with Crippen molar-refractivity contribution in [2.75, 3.05) is 13.7 Å². The second-order valence-corrected chi connectivity index (χ2v) is 6.02. The zero-order valence-electron chi connectivity index (χ0n) is 16.1. The normalized spacial score (nSPS) is 10.7. The van der Waals surface area contributed by atoms with Crippen molar-refractivity contribution in [2.24, 2.45) is 0 Å². The molecule has 3 aromatic rings. The monoisotopic (exact) mass is 420 g/mol. The Kier molecular flexibility index (Phi) is 6.79. The lowest BCUT2D eigenvalue weighted by atomic mass is 10.2. The number of alkyl halides is 2. The van der Waals surface area contributed by atoms with Crippen molar-refractivity contribution >= 4 is 5.97 Å². The quantitative estimate of drug-likeness (QED) is 0.483. The van der Waals surface area contributed by atoms with E-state index in [-0.39, 0.29) is 36.4 Å². The van der Waals surface area contributed by atoms with Crippen molar-refractivity contribution in [2.45, 2.75) is 20.1 Å². The van der Waals surface area contributed by atoms with Gasteiger partial charge in [0.1, 0.15) is 5.75 Å². The molecule has 0 bridgehead atoms. The first-order valence-electron chi connectivity index (χ1n) is 8.75. The fraction of sp³-hybridized carbons (Fsp3) is 0.250. The number of methoxy groups -OCH3 is 1. The van der Waals surface area contributed by atoms with Gasteiger partial charge in [-0.25, -0.2) is 4.79 Å². The zero-order valence-corrected chi connectivity index (χ0v) is 16.1. The summed E-state index contributed by atoms with van der Waals surface area (Å²) in [6, 6.07) is 11.5. The van der Waals surface area contributed by atoms with Crippen molar-refractivity contribution in [3.8, 4) is 28.6 Å². The van der Waals surface area contributed by atoms with Crippen molar-refractivity contribution in [1.82, 2.24) is 10.1 Å². The lowest BCUT2D eigenvalue weighted by Crippen LogP contribution is -2.14. The van der Waals surface area contributed by atoms with Crippen LogP contribution in [0.3, 0.4) is 0 Å². The van der Waals surface area contributed by atoms with E-state index in [0.717, 1.165) is 5.56 Å². The number of aromatic nitrogens is 2. The van der Waals surface area contributed by atoms with Crippen LogP contribution >= 0.6 is 0 Å². The highest BCUT2D eigenvalue weighted by Crippen LogP contribution is 2.32. The summed E-state index contributed by atoms with van der Waals surface area (Å²) in [5.74, 6) is 0.132. The van der Waals surface area contributed by atoms with Gasteiger partial charge in [0.25, 0.3) is 5.89 Å². The molecule has 0 N–H and O–H groups in total. The fourth-order valence-electron chi connectivity index (χ4n) is 2.46. The molecule has 0 saturated carbocycles. The molecule has 8 nitrogen and oxygen atoms in total. The third-order valence-corrected chi connectivity index (χ3v) is 3.81. The first-order chi connectivity index (χ1) is 14.4. The van der Waals surface area contributed by atoms with Gasteiger partial charge in [0.15, 0.2) is 24.7 Å². The number of ether oxygens (including phenoxy) is 4. The molecule has 0 spiro atoms. The Morgan fingerprint density at radius 1 is 1.17 bits per heavy atom. The summed E-state index contributed by atoms with van der Waals surface area (Å²) in [6.45, 7) is -1.58. The van der Waals surface area contributed by atoms with Gasteiger partial charge in [-0.3, -0.25) is 0 Å². The SMILES string of the molecule is COc1cc(-c2noc(COC(=O)COc3cccc(C)c3)n2)ccc1OC(F)F. The number of benzene rings is 2. The van der Waals surface area contributed by atoms with Crippen LogP contribution in [0.25, 0.3) is 11.4 Å². The second-order valence-electron chi connectivity index (χ2n) is 6.02. The molecule has 0 aliphatic rings. The van der Waals surface area contributed by atoms with Crippen LogP contribution in [0.5, 0.6) is 17.2 Å². The molecule has 1 heterocycles. The fourth-order valence-corrected chi connectivity index (χ4v) is 2.46. The van der Waals surface area contributed by atoms with Crippen LogP contribution in [-0.4, -0.2) is 36.4 Å². The van der Waals surface area contributed by atoms with E-state index < -0.39 is 12.6 Å². The molecule has 30 heavy (non-hydrogen) atoms. The van der Waals surface area contributed by atoms with Crippen LogP contribution < -0.4 is 14.2 Å². The maximum absolute atomic E-state index is 12.4. The molecule has 10 heteroatoms. The van der Waals surface area contributed by atoms with E-state index in [0.29, 0.717) is 11.3 Å². The molecule has 0 amide bonds. The third kappa shape index (κ3) is 5.66. The standard InChI is InChI=1S/C20H18F2N2O6/c1-12-4-3-5-14(8-12)27-11-18(25)28-10-17-23-19(24-30-17)13-6-7-15(29-20(21)22)16(9-13)26-2/h3-9,20H,10-11H2,1-2H3. The summed E-state index contributed by atoms with van der Waals surface area (Å²) in [5.41, 5.74) is 1.45. The van der Waals surface area contributed by atoms with Gasteiger partial charge in [-0.15, -0.1) is 0 Å². The van der Waals surface area contributed by atoms with E-state index in [1.807, 2.05) is 19.1 Å². The van der Waals surface area contributed by atoms with Crippen LogP contribution in [0.2, 0.25) is 0 Å². The molecule has 0 unspecified atom stereocenters. The summed E-state index contributed by atoms with van der Waals surface area (Å²) in [4.78, 5) is 15.9. The number of carbonyl (C=O) groups excluding carboxylic acids is 1. The summed E-state index contributed by atoms with van der Waals surface area (Å²) >= 11 is 0. The molecule has 0 saturated heterocycles. The van der Waals surface area contributed by atoms with Crippen molar-refractivity contribution in [1.29, 1.82) is 0 Å². The van der Waals surface area contributed by atoms with E-state index in [1.165, 1.54) is 25.3 Å². The first kappa shape index (κ1) is 21.0. The van der Waals surface area contributed by atoms with Crippen LogP contribution in [0.15, 0.2) is 47.0 Å². The summed E-state index contributed by atoms with van der Waals surface area (Å²) in [6.07, 6.45) is 0. The van der Waals surface area contributed by atoms with E-state index in [4.69, 9.17) is 18.7 Å². The van der Waals surface area contributed by atoms with Crippen molar-refractivity contribution < 1.29 is 37.0 Å². The van der Waals surface area contributed by atoms with Gasteiger partial charge in [0, 0.05) is 5.56 Å². The summed E-state index contributed by atoms with van der Waals surface area (Å²) in [5, 5.41) is 3.78. The summed E-state index contributed by atoms with van der Waals surface area (Å²) in [7, 11) is 1.32. The molecule has 0 aliphatic heterocycles. The number of rotatable bonds is 9. The van der Waals surface area contributed by atoms with Gasteiger partial charge in [-0.05, 0) is 42.8 Å². The number of hydrogen-bond acceptors (Lipinski definition) is 8.